The molecule has 1 aliphatic rings. The number of likely N-dealkylation sites (tertiary alicyclic amines) is 1. The van der Waals surface area contributed by atoms with E-state index in [4.69, 9.17) is 5.73 Å². The largest absolute Gasteiger partial charge is 0.338 e. The van der Waals surface area contributed by atoms with Gasteiger partial charge in [-0.25, -0.2) is 0 Å². The summed E-state index contributed by atoms with van der Waals surface area (Å²) < 4.78 is 0. The normalized spacial score (nSPS) is 16.6. The van der Waals surface area contributed by atoms with Gasteiger partial charge in [0.2, 0.25) is 0 Å². The van der Waals surface area contributed by atoms with Crippen molar-refractivity contribution in [1.29, 1.82) is 0 Å². The summed E-state index contributed by atoms with van der Waals surface area (Å²) in [5.41, 5.74) is 6.26. The van der Waals surface area contributed by atoms with Crippen LogP contribution >= 0.6 is 0 Å². The van der Waals surface area contributed by atoms with Gasteiger partial charge < -0.3 is 15.6 Å². The Morgan fingerprint density at radius 1 is 1.42 bits per heavy atom. The minimum Gasteiger partial charge on any atom is -0.338 e. The molecule has 5 heteroatoms. The number of hydrogen-bond acceptors (Lipinski definition) is 3. The standard InChI is InChI=1S/C14H21N3O2/c1-10-2-3-12(13(18)16-10)14(19)17-8-5-11(4-7-15)6-9-17/h2-3,11H,4-9,15H2,1H3,(H,16,18). The molecule has 1 fully saturated rings. The van der Waals surface area contributed by atoms with E-state index in [1.807, 2.05) is 0 Å². The van der Waals surface area contributed by atoms with Crippen LogP contribution in [0.3, 0.4) is 0 Å². The summed E-state index contributed by atoms with van der Waals surface area (Å²) in [5, 5.41) is 0. The fraction of sp³-hybridized carbons (Fsp3) is 0.571. The summed E-state index contributed by atoms with van der Waals surface area (Å²) in [6.45, 7) is 3.94. The first-order chi connectivity index (χ1) is 9.11. The van der Waals surface area contributed by atoms with Crippen molar-refractivity contribution in [3.05, 3.63) is 33.7 Å². The molecule has 1 aromatic rings. The van der Waals surface area contributed by atoms with Crippen molar-refractivity contribution < 1.29 is 4.79 Å². The van der Waals surface area contributed by atoms with Gasteiger partial charge in [-0.2, -0.15) is 0 Å². The van der Waals surface area contributed by atoms with Crippen molar-refractivity contribution in [2.24, 2.45) is 11.7 Å². The molecule has 104 valence electrons. The van der Waals surface area contributed by atoms with Crippen LogP contribution in [0, 0.1) is 12.8 Å². The van der Waals surface area contributed by atoms with Crippen LogP contribution in [-0.2, 0) is 0 Å². The molecular formula is C14H21N3O2. The van der Waals surface area contributed by atoms with Crippen LogP contribution in [0.1, 0.15) is 35.3 Å². The molecule has 0 saturated carbocycles. The van der Waals surface area contributed by atoms with Gasteiger partial charge in [-0.1, -0.05) is 0 Å². The van der Waals surface area contributed by atoms with Gasteiger partial charge in [0, 0.05) is 18.8 Å². The van der Waals surface area contributed by atoms with Gasteiger partial charge in [0.25, 0.3) is 11.5 Å². The predicted octanol–water partition coefficient (Wildman–Crippen LogP) is 0.884. The van der Waals surface area contributed by atoms with Gasteiger partial charge in [0.05, 0.1) is 0 Å². The van der Waals surface area contributed by atoms with Gasteiger partial charge >= 0.3 is 0 Å². The number of aromatic nitrogens is 1. The average Bonchev–Trinajstić information content (AvgIpc) is 2.39. The lowest BCUT2D eigenvalue weighted by molar-refractivity contribution is 0.0686. The van der Waals surface area contributed by atoms with Crippen molar-refractivity contribution in [1.82, 2.24) is 9.88 Å². The molecule has 0 atom stereocenters. The number of nitrogens with zero attached hydrogens (tertiary/aromatic N) is 1. The number of aryl methyl sites for hydroxylation is 1. The number of nitrogens with one attached hydrogen (secondary N) is 1. The third-order valence-corrected chi connectivity index (χ3v) is 3.76. The van der Waals surface area contributed by atoms with E-state index in [1.54, 1.807) is 24.0 Å². The Bertz CT molecular complexity index is 502. The molecule has 0 aromatic carbocycles. The van der Waals surface area contributed by atoms with Crippen molar-refractivity contribution in [3.8, 4) is 0 Å². The molecule has 0 bridgehead atoms. The first-order valence-electron chi connectivity index (χ1n) is 6.81. The fourth-order valence-electron chi connectivity index (χ4n) is 2.57. The highest BCUT2D eigenvalue weighted by atomic mass is 16.2. The second-order valence-corrected chi connectivity index (χ2v) is 5.20. The second-order valence-electron chi connectivity index (χ2n) is 5.20. The molecule has 1 aromatic heterocycles. The summed E-state index contributed by atoms with van der Waals surface area (Å²) >= 11 is 0. The van der Waals surface area contributed by atoms with E-state index < -0.39 is 0 Å². The molecule has 0 aliphatic carbocycles. The summed E-state index contributed by atoms with van der Waals surface area (Å²) in [6.07, 6.45) is 2.98. The van der Waals surface area contributed by atoms with Crippen LogP contribution in [0.25, 0.3) is 0 Å². The molecule has 19 heavy (non-hydrogen) atoms. The third kappa shape index (κ3) is 3.23. The minimum absolute atomic E-state index is 0.160. The minimum atomic E-state index is -0.297. The number of H-pyrrole nitrogens is 1. The van der Waals surface area contributed by atoms with Crippen molar-refractivity contribution in [2.45, 2.75) is 26.2 Å². The SMILES string of the molecule is Cc1ccc(C(=O)N2CCC(CCN)CC2)c(=O)[nH]1. The number of nitrogens with two attached hydrogens (primary N) is 1. The Kier molecular flexibility index (Phi) is 4.37. The van der Waals surface area contributed by atoms with Crippen molar-refractivity contribution in [3.63, 3.8) is 0 Å². The fourth-order valence-corrected chi connectivity index (χ4v) is 2.57. The molecule has 2 heterocycles. The van der Waals surface area contributed by atoms with Gasteiger partial charge in [0.1, 0.15) is 5.56 Å². The lowest BCUT2D eigenvalue weighted by Crippen LogP contribution is -2.40. The van der Waals surface area contributed by atoms with Gasteiger partial charge in [-0.15, -0.1) is 0 Å². The Morgan fingerprint density at radius 3 is 2.68 bits per heavy atom. The molecule has 0 spiro atoms. The Morgan fingerprint density at radius 2 is 2.11 bits per heavy atom. The molecule has 5 nitrogen and oxygen atoms in total. The number of pyridine rings is 1. The average molecular weight is 263 g/mol. The van der Waals surface area contributed by atoms with Crippen LogP contribution in [0.15, 0.2) is 16.9 Å². The molecule has 0 unspecified atom stereocenters. The maximum Gasteiger partial charge on any atom is 0.260 e. The van der Waals surface area contributed by atoms with E-state index in [-0.39, 0.29) is 17.0 Å². The molecule has 1 saturated heterocycles. The lowest BCUT2D eigenvalue weighted by atomic mass is 9.93. The van der Waals surface area contributed by atoms with E-state index in [9.17, 15) is 9.59 Å². The topological polar surface area (TPSA) is 79.2 Å². The maximum atomic E-state index is 12.3. The molecule has 3 N–H and O–H groups in total. The number of amides is 1. The van der Waals surface area contributed by atoms with E-state index in [2.05, 4.69) is 4.98 Å². The van der Waals surface area contributed by atoms with Gasteiger partial charge in [0.15, 0.2) is 0 Å². The Balaban J connectivity index is 2.03. The zero-order valence-corrected chi connectivity index (χ0v) is 11.3. The molecule has 0 radical (unpaired) electrons. The van der Waals surface area contributed by atoms with Crippen LogP contribution in [-0.4, -0.2) is 35.4 Å². The number of piperidine rings is 1. The summed E-state index contributed by atoms with van der Waals surface area (Å²) in [4.78, 5) is 28.5. The third-order valence-electron chi connectivity index (χ3n) is 3.76. The maximum absolute atomic E-state index is 12.3. The number of hydrogen-bond donors (Lipinski definition) is 2. The number of carbonyl (C=O) groups is 1. The summed E-state index contributed by atoms with van der Waals surface area (Å²) in [6, 6.07) is 3.37. The predicted molar refractivity (Wildman–Crippen MR) is 74.1 cm³/mol. The first kappa shape index (κ1) is 13.8. The lowest BCUT2D eigenvalue weighted by Gasteiger charge is -2.31. The van der Waals surface area contributed by atoms with Crippen molar-refractivity contribution in [2.75, 3.05) is 19.6 Å². The number of rotatable bonds is 3. The van der Waals surface area contributed by atoms with Crippen molar-refractivity contribution >= 4 is 5.91 Å². The molecule has 1 amide bonds. The molecular weight excluding hydrogens is 242 g/mol. The van der Waals surface area contributed by atoms with Crippen LogP contribution in [0.5, 0.6) is 0 Å². The summed E-state index contributed by atoms with van der Waals surface area (Å²) in [7, 11) is 0. The highest BCUT2D eigenvalue weighted by Crippen LogP contribution is 2.20. The molecule has 2 rings (SSSR count). The second kappa shape index (κ2) is 6.02. The van der Waals surface area contributed by atoms with Crippen LogP contribution in [0.2, 0.25) is 0 Å². The summed E-state index contributed by atoms with van der Waals surface area (Å²) in [5.74, 6) is 0.456. The van der Waals surface area contributed by atoms with E-state index >= 15 is 0 Å². The Labute approximate surface area is 112 Å². The number of carbonyl (C=O) groups excluding carboxylic acids is 1. The highest BCUT2D eigenvalue weighted by molar-refractivity contribution is 5.93. The van der Waals surface area contributed by atoms with E-state index in [0.29, 0.717) is 12.5 Å². The van der Waals surface area contributed by atoms with E-state index in [1.165, 1.54) is 0 Å². The number of aromatic amines is 1. The van der Waals surface area contributed by atoms with Crippen LogP contribution in [0.4, 0.5) is 0 Å². The zero-order valence-electron chi connectivity index (χ0n) is 11.3. The first-order valence-corrected chi connectivity index (χ1v) is 6.81. The van der Waals surface area contributed by atoms with Crippen LogP contribution < -0.4 is 11.3 Å². The zero-order chi connectivity index (χ0) is 13.8. The van der Waals surface area contributed by atoms with Gasteiger partial charge in [-0.05, 0) is 50.8 Å². The van der Waals surface area contributed by atoms with Gasteiger partial charge in [-0.3, -0.25) is 9.59 Å². The Hall–Kier alpha value is -1.62. The smallest absolute Gasteiger partial charge is 0.260 e. The van der Waals surface area contributed by atoms with E-state index in [0.717, 1.165) is 38.0 Å². The highest BCUT2D eigenvalue weighted by Gasteiger charge is 2.24. The molecule has 1 aliphatic heterocycles. The monoisotopic (exact) mass is 263 g/mol. The quantitative estimate of drug-likeness (QED) is 0.849.